The van der Waals surface area contributed by atoms with Crippen LogP contribution in [0.3, 0.4) is 0 Å². The van der Waals surface area contributed by atoms with Crippen molar-refractivity contribution in [3.8, 4) is 0 Å². The Morgan fingerprint density at radius 2 is 2.10 bits per heavy atom. The van der Waals surface area contributed by atoms with Crippen molar-refractivity contribution in [2.24, 2.45) is 17.8 Å². The highest BCUT2D eigenvalue weighted by Crippen LogP contribution is 2.43. The van der Waals surface area contributed by atoms with Gasteiger partial charge in [-0.25, -0.2) is 0 Å². The molecule has 3 heteroatoms. The molecule has 110 valence electrons. The first kappa shape index (κ1) is 12.9. The fourth-order valence-corrected chi connectivity index (χ4v) is 3.65. The van der Waals surface area contributed by atoms with Crippen LogP contribution in [0.1, 0.15) is 36.0 Å². The van der Waals surface area contributed by atoms with Crippen molar-refractivity contribution in [2.75, 3.05) is 11.9 Å². The van der Waals surface area contributed by atoms with Crippen molar-refractivity contribution in [3.63, 3.8) is 0 Å². The summed E-state index contributed by atoms with van der Waals surface area (Å²) >= 11 is 0. The molecule has 3 atom stereocenters. The lowest BCUT2D eigenvalue weighted by atomic mass is 9.93. The molecule has 3 aliphatic carbocycles. The largest absolute Gasteiger partial charge is 0.385 e. The van der Waals surface area contributed by atoms with Gasteiger partial charge in [-0.05, 0) is 61.6 Å². The molecule has 0 saturated heterocycles. The summed E-state index contributed by atoms with van der Waals surface area (Å²) < 4.78 is 0. The van der Waals surface area contributed by atoms with Gasteiger partial charge in [0.1, 0.15) is 0 Å². The molecule has 0 radical (unpaired) electrons. The molecule has 21 heavy (non-hydrogen) atoms. The molecule has 1 aromatic rings. The van der Waals surface area contributed by atoms with Gasteiger partial charge in [0, 0.05) is 23.8 Å². The van der Waals surface area contributed by atoms with Crippen LogP contribution in [0.5, 0.6) is 0 Å². The molecule has 2 N–H and O–H groups in total. The van der Waals surface area contributed by atoms with Crippen LogP contribution in [-0.4, -0.2) is 18.5 Å². The number of hydrogen-bond acceptors (Lipinski definition) is 2. The molecule has 2 fully saturated rings. The molecule has 1 aromatic carbocycles. The summed E-state index contributed by atoms with van der Waals surface area (Å²) in [6, 6.07) is 8.29. The minimum atomic E-state index is 0.0593. The number of carbonyl (C=O) groups is 1. The fraction of sp³-hybridized carbons (Fsp3) is 0.500. The predicted molar refractivity (Wildman–Crippen MR) is 84.3 cm³/mol. The standard InChI is InChI=1S/C18H22N2O/c21-18(20-16-6-7-16)14-2-1-3-17(10-14)19-11-15-9-12-4-5-13(15)8-12/h1-5,10,12-13,15-16,19H,6-9,11H2,(H,20,21). The number of anilines is 1. The first-order valence-corrected chi connectivity index (χ1v) is 8.11. The zero-order valence-corrected chi connectivity index (χ0v) is 12.2. The highest BCUT2D eigenvalue weighted by Gasteiger charge is 2.35. The van der Waals surface area contributed by atoms with E-state index in [1.54, 1.807) is 0 Å². The molecule has 2 bridgehead atoms. The Morgan fingerprint density at radius 3 is 2.81 bits per heavy atom. The molecule has 3 aliphatic rings. The average molecular weight is 282 g/mol. The number of amides is 1. The van der Waals surface area contributed by atoms with E-state index in [4.69, 9.17) is 0 Å². The predicted octanol–water partition coefficient (Wildman–Crippen LogP) is 3.20. The van der Waals surface area contributed by atoms with Crippen LogP contribution in [0.4, 0.5) is 5.69 Å². The van der Waals surface area contributed by atoms with Gasteiger partial charge in [0.25, 0.3) is 5.91 Å². The van der Waals surface area contributed by atoms with E-state index in [0.717, 1.165) is 48.4 Å². The smallest absolute Gasteiger partial charge is 0.251 e. The lowest BCUT2D eigenvalue weighted by molar-refractivity contribution is 0.0951. The quantitative estimate of drug-likeness (QED) is 0.814. The van der Waals surface area contributed by atoms with Crippen molar-refractivity contribution < 1.29 is 4.79 Å². The number of hydrogen-bond donors (Lipinski definition) is 2. The van der Waals surface area contributed by atoms with Gasteiger partial charge >= 0.3 is 0 Å². The van der Waals surface area contributed by atoms with E-state index in [-0.39, 0.29) is 5.91 Å². The third-order valence-corrected chi connectivity index (χ3v) is 5.02. The third-order valence-electron chi connectivity index (χ3n) is 5.02. The summed E-state index contributed by atoms with van der Waals surface area (Å²) in [7, 11) is 0. The van der Waals surface area contributed by atoms with Crippen LogP contribution in [0.2, 0.25) is 0 Å². The first-order chi connectivity index (χ1) is 10.3. The molecule has 4 rings (SSSR count). The number of allylic oxidation sites excluding steroid dienone is 2. The van der Waals surface area contributed by atoms with Crippen molar-refractivity contribution in [1.82, 2.24) is 5.32 Å². The highest BCUT2D eigenvalue weighted by molar-refractivity contribution is 5.95. The van der Waals surface area contributed by atoms with Crippen LogP contribution in [-0.2, 0) is 0 Å². The molecule has 1 amide bonds. The number of carbonyl (C=O) groups excluding carboxylic acids is 1. The van der Waals surface area contributed by atoms with Crippen LogP contribution in [0, 0.1) is 17.8 Å². The number of fused-ring (bicyclic) bond motifs is 2. The third kappa shape index (κ3) is 2.82. The van der Waals surface area contributed by atoms with E-state index in [1.807, 2.05) is 18.2 Å². The van der Waals surface area contributed by atoms with Gasteiger partial charge in [-0.3, -0.25) is 4.79 Å². The summed E-state index contributed by atoms with van der Waals surface area (Å²) in [6.45, 7) is 1.01. The van der Waals surface area contributed by atoms with Gasteiger partial charge in [0.15, 0.2) is 0 Å². The summed E-state index contributed by atoms with van der Waals surface area (Å²) in [6.07, 6.45) is 9.68. The Kier molecular flexibility index (Phi) is 3.21. The summed E-state index contributed by atoms with van der Waals surface area (Å²) in [5.41, 5.74) is 1.82. The maximum Gasteiger partial charge on any atom is 0.251 e. The first-order valence-electron chi connectivity index (χ1n) is 8.11. The molecule has 2 saturated carbocycles. The maximum atomic E-state index is 12.1. The Labute approximate surface area is 125 Å². The second-order valence-corrected chi connectivity index (χ2v) is 6.75. The zero-order valence-electron chi connectivity index (χ0n) is 12.2. The van der Waals surface area contributed by atoms with Gasteiger partial charge in [-0.1, -0.05) is 18.2 Å². The second-order valence-electron chi connectivity index (χ2n) is 6.75. The molecule has 0 spiro atoms. The summed E-state index contributed by atoms with van der Waals surface area (Å²) in [5.74, 6) is 2.40. The normalized spacial score (nSPS) is 29.6. The number of rotatable bonds is 5. The van der Waals surface area contributed by atoms with Gasteiger partial charge in [-0.15, -0.1) is 0 Å². The minimum Gasteiger partial charge on any atom is -0.385 e. The highest BCUT2D eigenvalue weighted by atomic mass is 16.1. The van der Waals surface area contributed by atoms with Gasteiger partial charge < -0.3 is 10.6 Å². The molecule has 3 nitrogen and oxygen atoms in total. The van der Waals surface area contributed by atoms with Crippen molar-refractivity contribution >= 4 is 11.6 Å². The maximum absolute atomic E-state index is 12.1. The van der Waals surface area contributed by atoms with E-state index in [1.165, 1.54) is 12.8 Å². The Morgan fingerprint density at radius 1 is 1.19 bits per heavy atom. The SMILES string of the molecule is O=C(NC1CC1)c1cccc(NCC2CC3C=CC2C3)c1. The van der Waals surface area contributed by atoms with E-state index in [9.17, 15) is 4.79 Å². The van der Waals surface area contributed by atoms with E-state index < -0.39 is 0 Å². The Hall–Kier alpha value is -1.77. The topological polar surface area (TPSA) is 41.1 Å². The van der Waals surface area contributed by atoms with Crippen LogP contribution in [0.25, 0.3) is 0 Å². The molecule has 3 unspecified atom stereocenters. The summed E-state index contributed by atoms with van der Waals surface area (Å²) in [4.78, 5) is 12.1. The lowest BCUT2D eigenvalue weighted by Crippen LogP contribution is -2.25. The second kappa shape index (κ2) is 5.21. The monoisotopic (exact) mass is 282 g/mol. The van der Waals surface area contributed by atoms with Gasteiger partial charge in [0.2, 0.25) is 0 Å². The number of benzene rings is 1. The van der Waals surface area contributed by atoms with Crippen LogP contribution in [0.15, 0.2) is 36.4 Å². The molecular formula is C18H22N2O. The molecule has 0 heterocycles. The lowest BCUT2D eigenvalue weighted by Gasteiger charge is -2.19. The van der Waals surface area contributed by atoms with Gasteiger partial charge in [0.05, 0.1) is 0 Å². The van der Waals surface area contributed by atoms with Crippen LogP contribution >= 0.6 is 0 Å². The Bertz CT molecular complexity index is 576. The summed E-state index contributed by atoms with van der Waals surface area (Å²) in [5, 5.41) is 6.56. The Balaban J connectivity index is 1.36. The van der Waals surface area contributed by atoms with Crippen molar-refractivity contribution in [2.45, 2.75) is 31.7 Å². The number of nitrogens with one attached hydrogen (secondary N) is 2. The fourth-order valence-electron chi connectivity index (χ4n) is 3.65. The molecule has 0 aromatic heterocycles. The zero-order chi connectivity index (χ0) is 14.2. The molecular weight excluding hydrogens is 260 g/mol. The van der Waals surface area contributed by atoms with E-state index >= 15 is 0 Å². The van der Waals surface area contributed by atoms with E-state index in [2.05, 4.69) is 28.9 Å². The molecule has 0 aliphatic heterocycles. The van der Waals surface area contributed by atoms with E-state index in [0.29, 0.717) is 6.04 Å². The van der Waals surface area contributed by atoms with Crippen LogP contribution < -0.4 is 10.6 Å². The van der Waals surface area contributed by atoms with Crippen molar-refractivity contribution in [1.29, 1.82) is 0 Å². The van der Waals surface area contributed by atoms with Gasteiger partial charge in [-0.2, -0.15) is 0 Å². The van der Waals surface area contributed by atoms with Crippen molar-refractivity contribution in [3.05, 3.63) is 42.0 Å². The minimum absolute atomic E-state index is 0.0593. The average Bonchev–Trinajstić information content (AvgIpc) is 3.08.